The zero-order valence-corrected chi connectivity index (χ0v) is 7.87. The van der Waals surface area contributed by atoms with Gasteiger partial charge >= 0.3 is 0 Å². The number of nitrogens with two attached hydrogens (primary N) is 1. The molecular weight excluding hydrogens is 160 g/mol. The van der Waals surface area contributed by atoms with Gasteiger partial charge in [0, 0.05) is 6.54 Å². The number of hydrogen-bond donors (Lipinski definition) is 2. The Morgan fingerprint density at radius 3 is 2.69 bits per heavy atom. The van der Waals surface area contributed by atoms with E-state index in [4.69, 9.17) is 5.73 Å². The van der Waals surface area contributed by atoms with E-state index in [2.05, 4.69) is 36.0 Å². The third-order valence-electron chi connectivity index (χ3n) is 1.86. The van der Waals surface area contributed by atoms with E-state index in [1.54, 1.807) is 0 Å². The summed E-state index contributed by atoms with van der Waals surface area (Å²) >= 11 is 0. The quantitative estimate of drug-likeness (QED) is 0.643. The standard InChI is InChI=1S/C11H17N2/c12-8-4-5-9-13-10-11-6-2-1-3-7-11/h1-4,6-7,13H,5,8-10,12H2. The molecule has 0 atom stereocenters. The maximum absolute atomic E-state index is 5.34. The van der Waals surface area contributed by atoms with Gasteiger partial charge in [-0.15, -0.1) is 0 Å². The van der Waals surface area contributed by atoms with Gasteiger partial charge in [-0.25, -0.2) is 0 Å². The molecule has 1 aromatic rings. The highest BCUT2D eigenvalue weighted by Gasteiger charge is 1.89. The summed E-state index contributed by atoms with van der Waals surface area (Å²) in [6.45, 7) is 2.62. The highest BCUT2D eigenvalue weighted by Crippen LogP contribution is 1.96. The second-order valence-electron chi connectivity index (χ2n) is 2.98. The van der Waals surface area contributed by atoms with Crippen molar-refractivity contribution in [2.24, 2.45) is 5.73 Å². The van der Waals surface area contributed by atoms with Crippen LogP contribution in [0, 0.1) is 6.42 Å². The van der Waals surface area contributed by atoms with Gasteiger partial charge in [0.2, 0.25) is 0 Å². The molecule has 0 amide bonds. The maximum atomic E-state index is 5.34. The summed E-state index contributed by atoms with van der Waals surface area (Å²) in [5.74, 6) is 0. The summed E-state index contributed by atoms with van der Waals surface area (Å²) in [6, 6.07) is 10.4. The van der Waals surface area contributed by atoms with Crippen molar-refractivity contribution < 1.29 is 0 Å². The zero-order valence-electron chi connectivity index (χ0n) is 7.87. The Labute approximate surface area is 80.1 Å². The van der Waals surface area contributed by atoms with Gasteiger partial charge in [0.25, 0.3) is 0 Å². The molecule has 1 radical (unpaired) electrons. The van der Waals surface area contributed by atoms with Gasteiger partial charge in [-0.2, -0.15) is 0 Å². The van der Waals surface area contributed by atoms with Crippen LogP contribution in [-0.2, 0) is 6.54 Å². The first-order valence-electron chi connectivity index (χ1n) is 4.70. The lowest BCUT2D eigenvalue weighted by atomic mass is 10.2. The molecule has 71 valence electrons. The molecule has 0 spiro atoms. The van der Waals surface area contributed by atoms with Crippen molar-refractivity contribution in [2.45, 2.75) is 13.0 Å². The number of nitrogens with one attached hydrogen (secondary N) is 1. The Bertz CT molecular complexity index is 209. The topological polar surface area (TPSA) is 38.0 Å². The lowest BCUT2D eigenvalue weighted by Gasteiger charge is -2.03. The molecule has 2 heteroatoms. The van der Waals surface area contributed by atoms with E-state index in [0.29, 0.717) is 6.54 Å². The molecule has 0 heterocycles. The molecule has 0 unspecified atom stereocenters. The van der Waals surface area contributed by atoms with Gasteiger partial charge in [-0.1, -0.05) is 30.3 Å². The zero-order chi connectivity index (χ0) is 9.36. The molecule has 0 saturated carbocycles. The Hall–Kier alpha value is -0.860. The van der Waals surface area contributed by atoms with E-state index in [0.717, 1.165) is 19.5 Å². The van der Waals surface area contributed by atoms with Crippen molar-refractivity contribution in [1.29, 1.82) is 0 Å². The van der Waals surface area contributed by atoms with E-state index in [1.807, 2.05) is 6.07 Å². The van der Waals surface area contributed by atoms with Crippen LogP contribution in [0.4, 0.5) is 0 Å². The van der Waals surface area contributed by atoms with Gasteiger partial charge in [0.05, 0.1) is 0 Å². The highest BCUT2D eigenvalue weighted by molar-refractivity contribution is 5.14. The summed E-state index contributed by atoms with van der Waals surface area (Å²) in [5.41, 5.74) is 6.67. The predicted molar refractivity (Wildman–Crippen MR) is 56.1 cm³/mol. The normalized spacial score (nSPS) is 10.2. The summed E-state index contributed by atoms with van der Waals surface area (Å²) in [7, 11) is 0. The molecule has 1 rings (SSSR count). The Morgan fingerprint density at radius 1 is 1.23 bits per heavy atom. The second-order valence-corrected chi connectivity index (χ2v) is 2.98. The molecule has 13 heavy (non-hydrogen) atoms. The fourth-order valence-electron chi connectivity index (χ4n) is 1.15. The second kappa shape index (κ2) is 6.63. The molecule has 2 nitrogen and oxygen atoms in total. The van der Waals surface area contributed by atoms with Crippen LogP contribution in [0.1, 0.15) is 12.0 Å². The van der Waals surface area contributed by atoms with Crippen LogP contribution in [0.2, 0.25) is 0 Å². The smallest absolute Gasteiger partial charge is 0.0205 e. The molecule has 1 aromatic carbocycles. The summed E-state index contributed by atoms with van der Waals surface area (Å²) in [5, 5.41) is 3.35. The minimum absolute atomic E-state index is 0.674. The first kappa shape index (κ1) is 10.2. The lowest BCUT2D eigenvalue weighted by Crippen LogP contribution is -2.15. The van der Waals surface area contributed by atoms with Crippen LogP contribution < -0.4 is 11.1 Å². The average Bonchev–Trinajstić information content (AvgIpc) is 2.19. The maximum Gasteiger partial charge on any atom is 0.0205 e. The Morgan fingerprint density at radius 2 is 2.00 bits per heavy atom. The van der Waals surface area contributed by atoms with Gasteiger partial charge in [0.15, 0.2) is 0 Å². The van der Waals surface area contributed by atoms with Crippen LogP contribution in [0.5, 0.6) is 0 Å². The fourth-order valence-corrected chi connectivity index (χ4v) is 1.15. The van der Waals surface area contributed by atoms with Gasteiger partial charge < -0.3 is 11.1 Å². The first-order chi connectivity index (χ1) is 6.43. The summed E-state index contributed by atoms with van der Waals surface area (Å²) in [6.07, 6.45) is 3.13. The molecule has 0 aliphatic carbocycles. The molecule has 0 fully saturated rings. The molecule has 0 saturated heterocycles. The van der Waals surface area contributed by atoms with E-state index in [1.165, 1.54) is 5.56 Å². The van der Waals surface area contributed by atoms with E-state index < -0.39 is 0 Å². The number of unbranched alkanes of at least 4 members (excludes halogenated alkanes) is 1. The number of rotatable bonds is 6. The van der Waals surface area contributed by atoms with Crippen LogP contribution in [0.3, 0.4) is 0 Å². The third-order valence-corrected chi connectivity index (χ3v) is 1.86. The van der Waals surface area contributed by atoms with Crippen molar-refractivity contribution in [3.05, 3.63) is 42.3 Å². The molecule has 0 aliphatic heterocycles. The molecule has 0 aromatic heterocycles. The van der Waals surface area contributed by atoms with Crippen LogP contribution >= 0.6 is 0 Å². The van der Waals surface area contributed by atoms with Gasteiger partial charge in [-0.3, -0.25) is 0 Å². The fraction of sp³-hybridized carbons (Fsp3) is 0.364. The highest BCUT2D eigenvalue weighted by atomic mass is 14.8. The number of hydrogen-bond acceptors (Lipinski definition) is 2. The van der Waals surface area contributed by atoms with Crippen LogP contribution in [0.25, 0.3) is 0 Å². The minimum atomic E-state index is 0.674. The van der Waals surface area contributed by atoms with Crippen molar-refractivity contribution in [1.82, 2.24) is 5.32 Å². The minimum Gasteiger partial charge on any atom is -0.330 e. The summed E-state index contributed by atoms with van der Waals surface area (Å²) in [4.78, 5) is 0. The lowest BCUT2D eigenvalue weighted by molar-refractivity contribution is 0.677. The van der Waals surface area contributed by atoms with Crippen LogP contribution in [0.15, 0.2) is 30.3 Å². The van der Waals surface area contributed by atoms with Gasteiger partial charge in [-0.05, 0) is 31.5 Å². The largest absolute Gasteiger partial charge is 0.330 e. The monoisotopic (exact) mass is 177 g/mol. The first-order valence-corrected chi connectivity index (χ1v) is 4.70. The van der Waals surface area contributed by atoms with Crippen molar-refractivity contribution >= 4 is 0 Å². The number of benzene rings is 1. The Kier molecular flexibility index (Phi) is 5.22. The Balaban J connectivity index is 2.07. The molecule has 3 N–H and O–H groups in total. The van der Waals surface area contributed by atoms with E-state index in [-0.39, 0.29) is 0 Å². The van der Waals surface area contributed by atoms with Gasteiger partial charge in [0.1, 0.15) is 0 Å². The van der Waals surface area contributed by atoms with E-state index >= 15 is 0 Å². The van der Waals surface area contributed by atoms with Crippen molar-refractivity contribution in [2.75, 3.05) is 13.1 Å². The predicted octanol–water partition coefficient (Wildman–Crippen LogP) is 1.33. The van der Waals surface area contributed by atoms with Crippen molar-refractivity contribution in [3.8, 4) is 0 Å². The average molecular weight is 177 g/mol. The summed E-state index contributed by atoms with van der Waals surface area (Å²) < 4.78 is 0. The molecule has 0 aliphatic rings. The van der Waals surface area contributed by atoms with E-state index in [9.17, 15) is 0 Å². The van der Waals surface area contributed by atoms with Crippen molar-refractivity contribution in [3.63, 3.8) is 0 Å². The third kappa shape index (κ3) is 4.65. The van der Waals surface area contributed by atoms with Crippen LogP contribution in [-0.4, -0.2) is 13.1 Å². The SMILES string of the molecule is NC[CH]CCNCc1ccccc1. The molecular formula is C11H17N2. The molecule has 0 bridgehead atoms.